The maximum absolute atomic E-state index is 13.3. The molecule has 0 unspecified atom stereocenters. The van der Waals surface area contributed by atoms with Gasteiger partial charge >= 0.3 is 0 Å². The van der Waals surface area contributed by atoms with Crippen molar-refractivity contribution in [2.75, 3.05) is 7.05 Å². The fraction of sp³-hybridized carbons (Fsp3) is 0.409. The van der Waals surface area contributed by atoms with E-state index in [4.69, 9.17) is 4.98 Å². The maximum atomic E-state index is 13.3. The Balaban J connectivity index is 1.72. The zero-order valence-electron chi connectivity index (χ0n) is 17.0. The van der Waals surface area contributed by atoms with Crippen LogP contribution < -0.4 is 4.72 Å². The summed E-state index contributed by atoms with van der Waals surface area (Å²) >= 11 is 0. The van der Waals surface area contributed by atoms with Crippen LogP contribution in [0.3, 0.4) is 0 Å². The second-order valence-corrected chi connectivity index (χ2v) is 9.55. The highest BCUT2D eigenvalue weighted by atomic mass is 32.2. The van der Waals surface area contributed by atoms with Crippen LogP contribution in [-0.4, -0.2) is 35.4 Å². The Morgan fingerprint density at radius 1 is 1.03 bits per heavy atom. The van der Waals surface area contributed by atoms with Crippen molar-refractivity contribution in [3.8, 4) is 0 Å². The van der Waals surface area contributed by atoms with E-state index in [1.165, 1.54) is 10.7 Å². The monoisotopic (exact) mass is 412 g/mol. The average Bonchev–Trinajstić information content (AvgIpc) is 3.09. The van der Waals surface area contributed by atoms with Crippen LogP contribution in [0.4, 0.5) is 0 Å². The van der Waals surface area contributed by atoms with Crippen molar-refractivity contribution < 1.29 is 8.42 Å². The first kappa shape index (κ1) is 20.1. The molecule has 1 fully saturated rings. The number of para-hydroxylation sites is 2. The SMILES string of the molecule is CN(C1CCCCC1)S(=O)(=O)N[C@H](c1ccccc1)c1nc2ccccc2n1C. The molecule has 2 aromatic carbocycles. The second-order valence-electron chi connectivity index (χ2n) is 7.79. The Hall–Kier alpha value is -2.22. The lowest BCUT2D eigenvalue weighted by molar-refractivity contribution is 0.282. The Morgan fingerprint density at radius 3 is 2.38 bits per heavy atom. The molecule has 0 saturated heterocycles. The molecule has 1 aliphatic rings. The summed E-state index contributed by atoms with van der Waals surface area (Å²) in [5.74, 6) is 0.679. The van der Waals surface area contributed by atoms with Crippen molar-refractivity contribution in [1.29, 1.82) is 0 Å². The van der Waals surface area contributed by atoms with Gasteiger partial charge in [0.1, 0.15) is 11.9 Å². The van der Waals surface area contributed by atoms with Crippen molar-refractivity contribution in [3.63, 3.8) is 0 Å². The highest BCUT2D eigenvalue weighted by Crippen LogP contribution is 2.28. The van der Waals surface area contributed by atoms with Gasteiger partial charge in [-0.3, -0.25) is 0 Å². The van der Waals surface area contributed by atoms with E-state index >= 15 is 0 Å². The molecule has 0 radical (unpaired) electrons. The molecule has 1 atom stereocenters. The minimum Gasteiger partial charge on any atom is -0.329 e. The number of nitrogens with zero attached hydrogens (tertiary/aromatic N) is 3. The Kier molecular flexibility index (Phi) is 5.72. The van der Waals surface area contributed by atoms with Crippen LogP contribution in [-0.2, 0) is 17.3 Å². The van der Waals surface area contributed by atoms with E-state index in [0.717, 1.165) is 42.3 Å². The van der Waals surface area contributed by atoms with Gasteiger partial charge in [-0.1, -0.05) is 61.7 Å². The zero-order valence-corrected chi connectivity index (χ0v) is 17.8. The molecule has 6 nitrogen and oxygen atoms in total. The van der Waals surface area contributed by atoms with Crippen molar-refractivity contribution in [1.82, 2.24) is 18.6 Å². The lowest BCUT2D eigenvalue weighted by atomic mass is 9.96. The van der Waals surface area contributed by atoms with Crippen LogP contribution in [0.15, 0.2) is 54.6 Å². The molecule has 1 saturated carbocycles. The summed E-state index contributed by atoms with van der Waals surface area (Å²) in [6, 6.07) is 17.0. The fourth-order valence-corrected chi connectivity index (χ4v) is 5.52. The number of benzene rings is 2. The van der Waals surface area contributed by atoms with E-state index < -0.39 is 16.3 Å². The van der Waals surface area contributed by atoms with Crippen LogP contribution >= 0.6 is 0 Å². The fourth-order valence-electron chi connectivity index (χ4n) is 4.21. The molecular weight excluding hydrogens is 384 g/mol. The predicted molar refractivity (Wildman–Crippen MR) is 116 cm³/mol. The first-order valence-electron chi connectivity index (χ1n) is 10.2. The molecule has 0 bridgehead atoms. The lowest BCUT2D eigenvalue weighted by Crippen LogP contribution is -2.46. The average molecular weight is 413 g/mol. The summed E-state index contributed by atoms with van der Waals surface area (Å²) in [6.45, 7) is 0. The smallest absolute Gasteiger partial charge is 0.280 e. The third-order valence-corrected chi connectivity index (χ3v) is 7.54. The third kappa shape index (κ3) is 4.08. The largest absolute Gasteiger partial charge is 0.329 e. The molecule has 29 heavy (non-hydrogen) atoms. The molecule has 0 spiro atoms. The maximum Gasteiger partial charge on any atom is 0.280 e. The number of nitrogens with one attached hydrogen (secondary N) is 1. The van der Waals surface area contributed by atoms with Crippen LogP contribution in [0.25, 0.3) is 11.0 Å². The van der Waals surface area contributed by atoms with E-state index in [1.54, 1.807) is 7.05 Å². The van der Waals surface area contributed by atoms with Gasteiger partial charge in [0.2, 0.25) is 0 Å². The van der Waals surface area contributed by atoms with Gasteiger partial charge in [-0.25, -0.2) is 4.98 Å². The molecule has 3 aromatic rings. The Morgan fingerprint density at radius 2 is 1.69 bits per heavy atom. The topological polar surface area (TPSA) is 67.2 Å². The number of hydrogen-bond acceptors (Lipinski definition) is 3. The van der Waals surface area contributed by atoms with Crippen molar-refractivity contribution in [2.45, 2.75) is 44.2 Å². The highest BCUT2D eigenvalue weighted by Gasteiger charge is 2.32. The number of aryl methyl sites for hydroxylation is 1. The molecular formula is C22H28N4O2S. The summed E-state index contributed by atoms with van der Waals surface area (Å²) in [7, 11) is -0.0595. The Bertz CT molecular complexity index is 1070. The first-order chi connectivity index (χ1) is 14.0. The minimum absolute atomic E-state index is 0.0538. The number of imidazole rings is 1. The van der Waals surface area contributed by atoms with Crippen molar-refractivity contribution in [2.24, 2.45) is 7.05 Å². The van der Waals surface area contributed by atoms with Gasteiger partial charge in [0, 0.05) is 20.1 Å². The number of rotatable bonds is 6. The summed E-state index contributed by atoms with van der Waals surface area (Å²) in [5.41, 5.74) is 2.69. The van der Waals surface area contributed by atoms with Gasteiger partial charge in [0.15, 0.2) is 0 Å². The predicted octanol–water partition coefficient (Wildman–Crippen LogP) is 3.76. The quantitative estimate of drug-likeness (QED) is 0.670. The molecule has 1 heterocycles. The number of hydrogen-bond donors (Lipinski definition) is 1. The third-order valence-electron chi connectivity index (χ3n) is 5.95. The van der Waals surface area contributed by atoms with Gasteiger partial charge in [-0.05, 0) is 30.5 Å². The molecule has 154 valence electrons. The van der Waals surface area contributed by atoms with Gasteiger partial charge in [-0.2, -0.15) is 17.4 Å². The highest BCUT2D eigenvalue weighted by molar-refractivity contribution is 7.87. The summed E-state index contributed by atoms with van der Waals surface area (Å²) in [4.78, 5) is 4.76. The molecule has 1 aliphatic carbocycles. The second kappa shape index (κ2) is 8.26. The van der Waals surface area contributed by atoms with Crippen molar-refractivity contribution in [3.05, 3.63) is 66.0 Å². The van der Waals surface area contributed by atoms with E-state index in [-0.39, 0.29) is 6.04 Å². The van der Waals surface area contributed by atoms with Crippen LogP contribution in [0.2, 0.25) is 0 Å². The molecule has 1 aromatic heterocycles. The van der Waals surface area contributed by atoms with Crippen molar-refractivity contribution >= 4 is 21.2 Å². The normalized spacial score (nSPS) is 17.1. The standard InChI is InChI=1S/C22H28N4O2S/c1-25-20-16-10-9-15-19(20)23-22(25)21(17-11-5-3-6-12-17)24-29(27,28)26(2)18-13-7-4-8-14-18/h3,5-6,9-12,15-16,18,21,24H,4,7-8,13-14H2,1-2H3/t21-/m1/s1. The van der Waals surface area contributed by atoms with Gasteiger partial charge in [0.25, 0.3) is 10.2 Å². The molecule has 0 aliphatic heterocycles. The minimum atomic E-state index is -3.68. The van der Waals surface area contributed by atoms with Crippen LogP contribution in [0, 0.1) is 0 Å². The lowest BCUT2D eigenvalue weighted by Gasteiger charge is -2.31. The molecule has 1 N–H and O–H groups in total. The molecule has 0 amide bonds. The van der Waals surface area contributed by atoms with E-state index in [2.05, 4.69) is 4.72 Å². The summed E-state index contributed by atoms with van der Waals surface area (Å²) in [5, 5.41) is 0. The summed E-state index contributed by atoms with van der Waals surface area (Å²) in [6.07, 6.45) is 5.18. The zero-order chi connectivity index (χ0) is 20.4. The Labute approximate surface area is 172 Å². The molecule has 4 rings (SSSR count). The van der Waals surface area contributed by atoms with E-state index in [0.29, 0.717) is 5.82 Å². The van der Waals surface area contributed by atoms with Crippen LogP contribution in [0.5, 0.6) is 0 Å². The van der Waals surface area contributed by atoms with E-state index in [1.807, 2.05) is 66.2 Å². The van der Waals surface area contributed by atoms with Gasteiger partial charge < -0.3 is 4.57 Å². The first-order valence-corrected chi connectivity index (χ1v) is 11.6. The number of fused-ring (bicyclic) bond motifs is 1. The summed E-state index contributed by atoms with van der Waals surface area (Å²) < 4.78 is 33.0. The number of aromatic nitrogens is 2. The van der Waals surface area contributed by atoms with Crippen LogP contribution in [0.1, 0.15) is 49.5 Å². The van der Waals surface area contributed by atoms with E-state index in [9.17, 15) is 8.42 Å². The molecule has 7 heteroatoms. The van der Waals surface area contributed by atoms with Gasteiger partial charge in [-0.15, -0.1) is 0 Å². The van der Waals surface area contributed by atoms with Gasteiger partial charge in [0.05, 0.1) is 11.0 Å².